The minimum atomic E-state index is -0.868. The zero-order valence-corrected chi connectivity index (χ0v) is 12.2. The summed E-state index contributed by atoms with van der Waals surface area (Å²) in [4.78, 5) is 50.2. The number of aromatic nitrogens is 2. The molecule has 0 aromatic carbocycles. The number of amides is 1. The van der Waals surface area contributed by atoms with Crippen molar-refractivity contribution in [2.24, 2.45) is 0 Å². The fraction of sp³-hybridized carbons (Fsp3) is 0.538. The van der Waals surface area contributed by atoms with E-state index in [9.17, 15) is 24.3 Å². The molecule has 1 fully saturated rings. The van der Waals surface area contributed by atoms with E-state index in [1.54, 1.807) is 0 Å². The Balaban J connectivity index is 2.21. The molecule has 0 unspecified atom stereocenters. The van der Waals surface area contributed by atoms with E-state index in [0.29, 0.717) is 5.56 Å². The molecular weight excluding hydrogens is 294 g/mol. The molecule has 1 aliphatic heterocycles. The third kappa shape index (κ3) is 3.08. The topological polar surface area (TPSA) is 122 Å². The summed E-state index contributed by atoms with van der Waals surface area (Å²) in [7, 11) is 1.20. The van der Waals surface area contributed by atoms with Gasteiger partial charge in [0.25, 0.3) is 5.56 Å². The summed E-state index contributed by atoms with van der Waals surface area (Å²) in [5, 5.41) is 9.65. The van der Waals surface area contributed by atoms with Crippen LogP contribution in [0.4, 0.5) is 0 Å². The van der Waals surface area contributed by atoms with Gasteiger partial charge in [0.2, 0.25) is 5.91 Å². The first-order valence-electron chi connectivity index (χ1n) is 6.69. The van der Waals surface area contributed by atoms with E-state index >= 15 is 0 Å². The number of H-pyrrole nitrogens is 1. The summed E-state index contributed by atoms with van der Waals surface area (Å²) in [6.45, 7) is 1.17. The Kier molecular flexibility index (Phi) is 4.45. The number of carbonyl (C=O) groups excluding carboxylic acids is 2. The van der Waals surface area contributed by atoms with Crippen LogP contribution in [0, 0.1) is 6.92 Å². The Morgan fingerprint density at radius 2 is 2.14 bits per heavy atom. The minimum absolute atomic E-state index is 0.00428. The number of rotatable bonds is 3. The van der Waals surface area contributed by atoms with Gasteiger partial charge in [0, 0.05) is 24.7 Å². The number of β-amino-alcohol motifs (C(OH)–C–C–N with tert-alkyl or cyclic N) is 1. The van der Waals surface area contributed by atoms with Crippen molar-refractivity contribution >= 4 is 11.9 Å². The van der Waals surface area contributed by atoms with E-state index in [0.717, 1.165) is 4.57 Å². The van der Waals surface area contributed by atoms with Gasteiger partial charge >= 0.3 is 11.7 Å². The number of carbonyl (C=O) groups is 2. The van der Waals surface area contributed by atoms with Crippen LogP contribution >= 0.6 is 0 Å². The molecule has 1 aromatic heterocycles. The van der Waals surface area contributed by atoms with Crippen molar-refractivity contribution in [3.8, 4) is 0 Å². The molecule has 0 saturated carbocycles. The summed E-state index contributed by atoms with van der Waals surface area (Å²) in [6.07, 6.45) is 0.554. The molecule has 1 saturated heterocycles. The summed E-state index contributed by atoms with van der Waals surface area (Å²) < 4.78 is 5.67. The number of esters is 1. The number of likely N-dealkylation sites (tertiary alicyclic amines) is 1. The first-order chi connectivity index (χ1) is 10.3. The van der Waals surface area contributed by atoms with Gasteiger partial charge in [0.05, 0.1) is 13.2 Å². The summed E-state index contributed by atoms with van der Waals surface area (Å²) in [5.41, 5.74) is -0.936. The summed E-state index contributed by atoms with van der Waals surface area (Å²) >= 11 is 0. The van der Waals surface area contributed by atoms with Gasteiger partial charge < -0.3 is 14.7 Å². The Labute approximate surface area is 125 Å². The quantitative estimate of drug-likeness (QED) is 0.621. The van der Waals surface area contributed by atoms with E-state index in [2.05, 4.69) is 9.72 Å². The monoisotopic (exact) mass is 311 g/mol. The Hall–Kier alpha value is -2.42. The molecule has 9 heteroatoms. The van der Waals surface area contributed by atoms with Gasteiger partial charge in [-0.1, -0.05) is 0 Å². The molecule has 22 heavy (non-hydrogen) atoms. The molecule has 120 valence electrons. The van der Waals surface area contributed by atoms with E-state index in [-0.39, 0.29) is 19.5 Å². The van der Waals surface area contributed by atoms with Crippen molar-refractivity contribution in [2.45, 2.75) is 32.0 Å². The number of hydrogen-bond donors (Lipinski definition) is 2. The van der Waals surface area contributed by atoms with Gasteiger partial charge in [-0.15, -0.1) is 0 Å². The molecule has 1 amide bonds. The van der Waals surface area contributed by atoms with Crippen molar-refractivity contribution in [3.05, 3.63) is 32.6 Å². The SMILES string of the molecule is COC(=O)[C@H]1C[C@H](O)CN1C(=O)Cn1cc(C)c(=O)[nH]c1=O. The molecule has 2 heterocycles. The lowest BCUT2D eigenvalue weighted by atomic mass is 10.2. The van der Waals surface area contributed by atoms with Crippen LogP contribution in [0.25, 0.3) is 0 Å². The highest BCUT2D eigenvalue weighted by Gasteiger charge is 2.39. The van der Waals surface area contributed by atoms with Gasteiger partial charge in [-0.3, -0.25) is 19.1 Å². The molecule has 2 atom stereocenters. The Morgan fingerprint density at radius 1 is 1.45 bits per heavy atom. The first-order valence-corrected chi connectivity index (χ1v) is 6.69. The number of hydrogen-bond acceptors (Lipinski definition) is 6. The molecule has 0 aliphatic carbocycles. The predicted molar refractivity (Wildman–Crippen MR) is 74.2 cm³/mol. The molecule has 1 aromatic rings. The van der Waals surface area contributed by atoms with Crippen molar-refractivity contribution in [1.29, 1.82) is 0 Å². The van der Waals surface area contributed by atoms with Gasteiger partial charge in [-0.2, -0.15) is 0 Å². The number of methoxy groups -OCH3 is 1. The lowest BCUT2D eigenvalue weighted by Gasteiger charge is -2.22. The number of aliphatic hydroxyl groups excluding tert-OH is 1. The highest BCUT2D eigenvalue weighted by atomic mass is 16.5. The fourth-order valence-electron chi connectivity index (χ4n) is 2.42. The molecule has 2 N–H and O–H groups in total. The molecule has 0 spiro atoms. The number of aromatic amines is 1. The highest BCUT2D eigenvalue weighted by molar-refractivity contribution is 5.85. The maximum Gasteiger partial charge on any atom is 0.328 e. The minimum Gasteiger partial charge on any atom is -0.467 e. The third-order valence-corrected chi connectivity index (χ3v) is 3.57. The van der Waals surface area contributed by atoms with Gasteiger partial charge in [0.15, 0.2) is 0 Å². The zero-order valence-electron chi connectivity index (χ0n) is 12.2. The van der Waals surface area contributed by atoms with Crippen molar-refractivity contribution in [2.75, 3.05) is 13.7 Å². The first kappa shape index (κ1) is 16.0. The molecule has 9 nitrogen and oxygen atoms in total. The summed E-state index contributed by atoms with van der Waals surface area (Å²) in [5.74, 6) is -1.13. The smallest absolute Gasteiger partial charge is 0.328 e. The van der Waals surface area contributed by atoms with E-state index in [1.165, 1.54) is 25.1 Å². The van der Waals surface area contributed by atoms with Crippen LogP contribution in [0.5, 0.6) is 0 Å². The molecule has 2 rings (SSSR count). The van der Waals surface area contributed by atoms with Gasteiger partial charge in [-0.05, 0) is 6.92 Å². The van der Waals surface area contributed by atoms with E-state index < -0.39 is 35.3 Å². The standard InChI is InChI=1S/C13H17N3O6/c1-7-4-15(13(21)14-11(7)19)6-10(18)16-5-8(17)3-9(16)12(20)22-2/h4,8-9,17H,3,5-6H2,1-2H3,(H,14,19,21)/t8-,9+/m0/s1. The highest BCUT2D eigenvalue weighted by Crippen LogP contribution is 2.19. The second-order valence-corrected chi connectivity index (χ2v) is 5.17. The zero-order chi connectivity index (χ0) is 16.4. The van der Waals surface area contributed by atoms with E-state index in [4.69, 9.17) is 0 Å². The van der Waals surface area contributed by atoms with E-state index in [1.807, 2.05) is 0 Å². The maximum atomic E-state index is 12.3. The van der Waals surface area contributed by atoms with Crippen LogP contribution in [0.15, 0.2) is 15.8 Å². The Morgan fingerprint density at radius 3 is 2.77 bits per heavy atom. The number of aliphatic hydroxyl groups is 1. The molecule has 1 aliphatic rings. The molecular formula is C13H17N3O6. The van der Waals surface area contributed by atoms with Crippen LogP contribution in [0.1, 0.15) is 12.0 Å². The van der Waals surface area contributed by atoms with Crippen LogP contribution in [0.2, 0.25) is 0 Å². The average Bonchev–Trinajstić information content (AvgIpc) is 2.86. The second kappa shape index (κ2) is 6.14. The van der Waals surface area contributed by atoms with Crippen molar-refractivity contribution in [1.82, 2.24) is 14.5 Å². The lowest BCUT2D eigenvalue weighted by molar-refractivity contribution is -0.151. The normalized spacial score (nSPS) is 21.0. The van der Waals surface area contributed by atoms with Crippen LogP contribution in [0.3, 0.4) is 0 Å². The Bertz CT molecular complexity index is 706. The average molecular weight is 311 g/mol. The number of ether oxygens (including phenoxy) is 1. The number of nitrogens with one attached hydrogen (secondary N) is 1. The number of aryl methyl sites for hydroxylation is 1. The lowest BCUT2D eigenvalue weighted by Crippen LogP contribution is -2.44. The summed E-state index contributed by atoms with van der Waals surface area (Å²) in [6, 6.07) is -0.868. The second-order valence-electron chi connectivity index (χ2n) is 5.17. The largest absolute Gasteiger partial charge is 0.467 e. The maximum absolute atomic E-state index is 12.3. The predicted octanol–water partition coefficient (Wildman–Crippen LogP) is -2.02. The molecule has 0 bridgehead atoms. The van der Waals surface area contributed by atoms with Gasteiger partial charge in [-0.25, -0.2) is 9.59 Å². The van der Waals surface area contributed by atoms with Gasteiger partial charge in [0.1, 0.15) is 12.6 Å². The number of nitrogens with zero attached hydrogens (tertiary/aromatic N) is 2. The van der Waals surface area contributed by atoms with Crippen LogP contribution in [-0.2, 0) is 20.9 Å². The van der Waals surface area contributed by atoms with Crippen LogP contribution < -0.4 is 11.2 Å². The molecule has 0 radical (unpaired) electrons. The fourth-order valence-corrected chi connectivity index (χ4v) is 2.42. The van der Waals surface area contributed by atoms with Crippen LogP contribution in [-0.4, -0.2) is 57.2 Å². The third-order valence-electron chi connectivity index (χ3n) is 3.57. The van der Waals surface area contributed by atoms with Crippen molar-refractivity contribution in [3.63, 3.8) is 0 Å². The van der Waals surface area contributed by atoms with Crippen molar-refractivity contribution < 1.29 is 19.4 Å².